The van der Waals surface area contributed by atoms with E-state index in [2.05, 4.69) is 4.98 Å². The van der Waals surface area contributed by atoms with Crippen molar-refractivity contribution in [3.63, 3.8) is 0 Å². The van der Waals surface area contributed by atoms with Crippen molar-refractivity contribution in [2.24, 2.45) is 0 Å². The summed E-state index contributed by atoms with van der Waals surface area (Å²) in [4.78, 5) is 11.9. The van der Waals surface area contributed by atoms with Crippen LogP contribution in [0.1, 0.15) is 17.6 Å². The maximum Gasteiger partial charge on any atom is 0.400 e. The minimum absolute atomic E-state index is 0.544. The van der Waals surface area contributed by atoms with E-state index < -0.39 is 34.1 Å². The number of nitriles is 1. The number of halogens is 3. The summed E-state index contributed by atoms with van der Waals surface area (Å²) in [7, 11) is 0. The van der Waals surface area contributed by atoms with E-state index in [1.807, 2.05) is 0 Å². The Labute approximate surface area is 80.9 Å². The number of hydrogen-bond acceptors (Lipinski definition) is 4. The average molecular weight is 217 g/mol. The lowest BCUT2D eigenvalue weighted by molar-refractivity contribution is -0.392. The van der Waals surface area contributed by atoms with Gasteiger partial charge < -0.3 is 10.1 Å². The number of aromatic nitrogens is 1. The molecule has 1 heterocycles. The molecule has 0 unspecified atom stereocenters. The van der Waals surface area contributed by atoms with Crippen LogP contribution < -0.4 is 0 Å². The monoisotopic (exact) mass is 217 g/mol. The van der Waals surface area contributed by atoms with E-state index >= 15 is 0 Å². The predicted molar refractivity (Wildman–Crippen MR) is 40.5 cm³/mol. The van der Waals surface area contributed by atoms with Crippen LogP contribution in [-0.4, -0.2) is 9.91 Å². The summed E-state index contributed by atoms with van der Waals surface area (Å²) >= 11 is 0. The van der Waals surface area contributed by atoms with Gasteiger partial charge in [-0.15, -0.1) is 0 Å². The Kier molecular flexibility index (Phi) is 2.85. The second kappa shape index (κ2) is 3.91. The van der Waals surface area contributed by atoms with Gasteiger partial charge >= 0.3 is 5.82 Å². The van der Waals surface area contributed by atoms with Gasteiger partial charge in [-0.1, -0.05) is 0 Å². The fraction of sp³-hybridized carbons (Fsp3) is 0.143. The molecule has 1 rings (SSSR count). The van der Waals surface area contributed by atoms with Crippen LogP contribution in [0.3, 0.4) is 0 Å². The summed E-state index contributed by atoms with van der Waals surface area (Å²) < 4.78 is 37.6. The van der Waals surface area contributed by atoms with Gasteiger partial charge in [0.15, 0.2) is 6.20 Å². The number of hydrogen-bond donors (Lipinski definition) is 0. The van der Waals surface area contributed by atoms with Crippen LogP contribution in [0.5, 0.6) is 0 Å². The topological polar surface area (TPSA) is 79.8 Å². The molecular formula is C7H2F3N3O2. The van der Waals surface area contributed by atoms with Crippen molar-refractivity contribution < 1.29 is 18.1 Å². The van der Waals surface area contributed by atoms with Gasteiger partial charge in [0.25, 0.3) is 6.43 Å². The van der Waals surface area contributed by atoms with Gasteiger partial charge in [0, 0.05) is 0 Å². The van der Waals surface area contributed by atoms with Crippen molar-refractivity contribution in [3.8, 4) is 6.07 Å². The number of nitrogens with zero attached hydrogens (tertiary/aromatic N) is 3. The molecule has 1 aromatic heterocycles. The summed E-state index contributed by atoms with van der Waals surface area (Å²) in [6, 6.07) is 1.28. The van der Waals surface area contributed by atoms with Crippen LogP contribution in [0.15, 0.2) is 6.20 Å². The van der Waals surface area contributed by atoms with Crippen LogP contribution in [0, 0.1) is 27.3 Å². The molecule has 0 aliphatic heterocycles. The Morgan fingerprint density at radius 1 is 1.60 bits per heavy atom. The van der Waals surface area contributed by atoms with Gasteiger partial charge in [-0.2, -0.15) is 9.65 Å². The molecule has 0 radical (unpaired) electrons. The molecule has 8 heteroatoms. The first-order valence-electron chi connectivity index (χ1n) is 3.50. The first-order valence-corrected chi connectivity index (χ1v) is 3.50. The van der Waals surface area contributed by atoms with Crippen molar-refractivity contribution in [1.82, 2.24) is 4.98 Å². The van der Waals surface area contributed by atoms with Gasteiger partial charge in [0.1, 0.15) is 11.6 Å². The van der Waals surface area contributed by atoms with Crippen LogP contribution in [0.2, 0.25) is 0 Å². The Balaban J connectivity index is 3.51. The molecule has 0 amide bonds. The summed E-state index contributed by atoms with van der Waals surface area (Å²) in [5.41, 5.74) is -2.01. The minimum atomic E-state index is -3.30. The van der Waals surface area contributed by atoms with Crippen LogP contribution in [-0.2, 0) is 0 Å². The number of nitro groups is 1. The maximum atomic E-state index is 13.1. The average Bonchev–Trinajstić information content (AvgIpc) is 2.15. The molecule has 1 aromatic rings. The van der Waals surface area contributed by atoms with Crippen LogP contribution in [0.4, 0.5) is 19.0 Å². The third-order valence-corrected chi connectivity index (χ3v) is 1.55. The zero-order valence-corrected chi connectivity index (χ0v) is 6.95. The van der Waals surface area contributed by atoms with E-state index in [1.165, 1.54) is 6.07 Å². The molecule has 0 bridgehead atoms. The number of rotatable bonds is 2. The van der Waals surface area contributed by atoms with Crippen molar-refractivity contribution in [1.29, 1.82) is 5.26 Å². The quantitative estimate of drug-likeness (QED) is 0.560. The summed E-state index contributed by atoms with van der Waals surface area (Å²) in [6.07, 6.45) is -2.76. The summed E-state index contributed by atoms with van der Waals surface area (Å²) in [5, 5.41) is 18.5. The molecule has 0 saturated heterocycles. The van der Waals surface area contributed by atoms with E-state index in [9.17, 15) is 23.3 Å². The lowest BCUT2D eigenvalue weighted by Gasteiger charge is -2.02. The molecule has 0 aliphatic rings. The highest BCUT2D eigenvalue weighted by atomic mass is 19.3. The molecule has 15 heavy (non-hydrogen) atoms. The standard InChI is InChI=1S/C7H2F3N3O2/c8-5-4(6(9)10)3(1-11)2-12-7(5)13(14)15/h2,6H. The fourth-order valence-electron chi connectivity index (χ4n) is 0.920. The Morgan fingerprint density at radius 3 is 2.60 bits per heavy atom. The van der Waals surface area contributed by atoms with Crippen molar-refractivity contribution in [2.75, 3.05) is 0 Å². The highest BCUT2D eigenvalue weighted by Gasteiger charge is 2.28. The van der Waals surface area contributed by atoms with Crippen molar-refractivity contribution in [3.05, 3.63) is 33.3 Å². The van der Waals surface area contributed by atoms with Crippen molar-refractivity contribution in [2.45, 2.75) is 6.43 Å². The lowest BCUT2D eigenvalue weighted by Crippen LogP contribution is -2.03. The SMILES string of the molecule is N#Cc1cnc([N+](=O)[O-])c(F)c1C(F)F. The lowest BCUT2D eigenvalue weighted by atomic mass is 10.1. The zero-order chi connectivity index (χ0) is 11.6. The highest BCUT2D eigenvalue weighted by Crippen LogP contribution is 2.29. The first-order chi connectivity index (χ1) is 6.99. The Hall–Kier alpha value is -2.17. The van der Waals surface area contributed by atoms with E-state index in [0.29, 0.717) is 6.20 Å². The van der Waals surface area contributed by atoms with E-state index in [-0.39, 0.29) is 0 Å². The normalized spacial score (nSPS) is 10.1. The molecule has 78 valence electrons. The minimum Gasteiger partial charge on any atom is -0.358 e. The maximum absolute atomic E-state index is 13.1. The summed E-state index contributed by atoms with van der Waals surface area (Å²) in [6.45, 7) is 0. The third kappa shape index (κ3) is 1.85. The highest BCUT2D eigenvalue weighted by molar-refractivity contribution is 5.42. The molecule has 0 fully saturated rings. The van der Waals surface area contributed by atoms with Gasteiger partial charge in [0.05, 0.1) is 5.56 Å². The van der Waals surface area contributed by atoms with Gasteiger partial charge in [-0.3, -0.25) is 0 Å². The number of alkyl halides is 2. The van der Waals surface area contributed by atoms with E-state index in [1.54, 1.807) is 0 Å². The van der Waals surface area contributed by atoms with Crippen LogP contribution >= 0.6 is 0 Å². The molecule has 0 aliphatic carbocycles. The van der Waals surface area contributed by atoms with Crippen LogP contribution in [0.25, 0.3) is 0 Å². The first kappa shape index (κ1) is 10.9. The molecule has 5 nitrogen and oxygen atoms in total. The van der Waals surface area contributed by atoms with Crippen molar-refractivity contribution >= 4 is 5.82 Å². The van der Waals surface area contributed by atoms with Gasteiger partial charge in [-0.25, -0.2) is 8.78 Å². The molecule has 0 spiro atoms. The molecular weight excluding hydrogens is 215 g/mol. The summed E-state index contributed by atoms with van der Waals surface area (Å²) in [5.74, 6) is -3.08. The molecule has 0 saturated carbocycles. The third-order valence-electron chi connectivity index (χ3n) is 1.55. The smallest absolute Gasteiger partial charge is 0.358 e. The Morgan fingerprint density at radius 2 is 2.20 bits per heavy atom. The van der Waals surface area contributed by atoms with Gasteiger partial charge in [-0.05, 0) is 9.91 Å². The largest absolute Gasteiger partial charge is 0.400 e. The van der Waals surface area contributed by atoms with E-state index in [4.69, 9.17) is 5.26 Å². The number of pyridine rings is 1. The zero-order valence-electron chi connectivity index (χ0n) is 6.95. The second-order valence-electron chi connectivity index (χ2n) is 2.39. The molecule has 0 atom stereocenters. The second-order valence-corrected chi connectivity index (χ2v) is 2.39. The predicted octanol–water partition coefficient (Wildman–Crippen LogP) is 1.94. The fourth-order valence-corrected chi connectivity index (χ4v) is 0.920. The molecule has 0 aromatic carbocycles. The van der Waals surface area contributed by atoms with E-state index in [0.717, 1.165) is 0 Å². The molecule has 0 N–H and O–H groups in total. The Bertz CT molecular complexity index is 456. The van der Waals surface area contributed by atoms with Gasteiger partial charge in [0.2, 0.25) is 5.82 Å².